The number of halogens is 8. The first kappa shape index (κ1) is 87.2. The van der Waals surface area contributed by atoms with Crippen LogP contribution in [0.3, 0.4) is 0 Å². The number of aromatic nitrogens is 6. The molecule has 27 nitrogen and oxygen atoms in total. The van der Waals surface area contributed by atoms with Crippen LogP contribution in [0.25, 0.3) is 43.9 Å². The van der Waals surface area contributed by atoms with E-state index in [1.165, 1.54) is 0 Å². The van der Waals surface area contributed by atoms with Gasteiger partial charge in [0.25, 0.3) is 0 Å². The molecule has 2 aliphatic heterocycles. The fourth-order valence-corrected chi connectivity index (χ4v) is 13.4. The number of carboxylic acids is 1. The predicted molar refractivity (Wildman–Crippen MR) is 427 cm³/mol. The number of nitrogens with two attached hydrogens (primary N) is 2. The molecule has 6 heterocycles. The van der Waals surface area contributed by atoms with Gasteiger partial charge in [0.05, 0.1) is 84.6 Å². The van der Waals surface area contributed by atoms with Crippen LogP contribution in [-0.2, 0) is 45.0 Å². The number of nitrogen functional groups attached to an aromatic ring is 2. The lowest BCUT2D eigenvalue weighted by molar-refractivity contribution is -0.138. The van der Waals surface area contributed by atoms with Gasteiger partial charge in [-0.2, -0.15) is 28.1 Å². The summed E-state index contributed by atoms with van der Waals surface area (Å²) in [6.07, 6.45) is 8.47. The summed E-state index contributed by atoms with van der Waals surface area (Å²) < 4.78 is 123. The lowest BCUT2D eigenvalue weighted by Crippen LogP contribution is -2.47. The molecule has 6 aromatic carbocycles. The number of rotatable bonds is 33. The van der Waals surface area contributed by atoms with Gasteiger partial charge in [-0.1, -0.05) is 38.8 Å². The number of hydrogen-bond acceptors (Lipinski definition) is 20. The highest BCUT2D eigenvalue weighted by atomic mass is 19.2. The van der Waals surface area contributed by atoms with Gasteiger partial charge in [0.1, 0.15) is 22.7 Å². The summed E-state index contributed by atoms with van der Waals surface area (Å²) in [5, 5.41) is 48.7. The van der Waals surface area contributed by atoms with Crippen LogP contribution in [0.4, 0.5) is 79.1 Å². The molecule has 2 fully saturated rings. The Morgan fingerprint density at radius 3 is 1.33 bits per heavy atom. The summed E-state index contributed by atoms with van der Waals surface area (Å²) >= 11 is 0. The van der Waals surface area contributed by atoms with Gasteiger partial charge in [-0.05, 0) is 111 Å². The van der Waals surface area contributed by atoms with Crippen LogP contribution in [0.1, 0.15) is 101 Å². The lowest BCUT2D eigenvalue weighted by Gasteiger charge is -2.36. The van der Waals surface area contributed by atoms with Crippen LogP contribution >= 0.6 is 0 Å². The number of amides is 4. The number of aliphatic carboxylic acids is 1. The maximum absolute atomic E-state index is 13.8. The topological polar surface area (TPSA) is 359 Å². The quantitative estimate of drug-likeness (QED) is 0.00622. The Morgan fingerprint density at radius 2 is 0.923 bits per heavy atom. The molecular weight excluding hydrogens is 1530 g/mol. The van der Waals surface area contributed by atoms with E-state index in [4.69, 9.17) is 61.6 Å². The van der Waals surface area contributed by atoms with Crippen LogP contribution in [0.2, 0.25) is 0 Å². The SMILES string of the molecule is CCCCc1nc2c(N)nc3ccc(N4CCN(CCOCCC(=O)O)CC4)cc3c2n1CCCCNC(=O)Nc1cccc(C#N)c1.CCCCc1nc2c(N)nc3ccc(N4CCN(CCOCCC(=O)Oc5c(F)c(F)cc(F)c5F)CC4)cc3c2n1CCCCNC(=O)Nc1cccc(C#N)c1.Oc1c(F)c(F)cc(F)c1F. The normalized spacial score (nSPS) is 13.1. The third kappa shape index (κ3) is 23.5. The van der Waals surface area contributed by atoms with Crippen molar-refractivity contribution in [3.63, 3.8) is 0 Å². The molecule has 0 saturated carbocycles. The number of aryl methyl sites for hydroxylation is 4. The number of aromatic hydroxyl groups is 1. The molecule has 2 saturated heterocycles. The zero-order valence-electron chi connectivity index (χ0n) is 64.7. The van der Waals surface area contributed by atoms with Gasteiger partial charge < -0.3 is 76.1 Å². The van der Waals surface area contributed by atoms with E-state index in [9.17, 15) is 54.3 Å². The smallest absolute Gasteiger partial charge is 0.319 e. The van der Waals surface area contributed by atoms with E-state index in [1.807, 2.05) is 18.2 Å². The van der Waals surface area contributed by atoms with Crippen molar-refractivity contribution in [2.75, 3.05) is 137 Å². The minimum Gasteiger partial charge on any atom is -0.503 e. The van der Waals surface area contributed by atoms with Crippen LogP contribution in [0.15, 0.2) is 97.1 Å². The van der Waals surface area contributed by atoms with Crippen molar-refractivity contribution < 1.29 is 78.7 Å². The number of carbonyl (C=O) groups excluding carboxylic acids is 3. The second kappa shape index (κ2) is 42.4. The summed E-state index contributed by atoms with van der Waals surface area (Å²) in [5.74, 6) is -15.9. The number of anilines is 6. The zero-order valence-corrected chi connectivity index (χ0v) is 64.7. The van der Waals surface area contributed by atoms with E-state index < -0.39 is 70.0 Å². The Hall–Kier alpha value is -12.2. The molecule has 10 N–H and O–H groups in total. The first-order valence-electron chi connectivity index (χ1n) is 38.6. The third-order valence-electron chi connectivity index (χ3n) is 19.6. The van der Waals surface area contributed by atoms with Gasteiger partial charge in [-0.15, -0.1) is 0 Å². The molecule has 4 amide bonds. The highest BCUT2D eigenvalue weighted by Gasteiger charge is 2.27. The summed E-state index contributed by atoms with van der Waals surface area (Å²) in [7, 11) is 0. The zero-order chi connectivity index (χ0) is 83.7. The van der Waals surface area contributed by atoms with E-state index in [0.717, 1.165) is 191 Å². The number of nitriles is 2. The maximum atomic E-state index is 13.8. The van der Waals surface area contributed by atoms with Crippen LogP contribution in [0.5, 0.6) is 11.5 Å². The number of unbranched alkanes of at least 4 members (excludes halogenated alkanes) is 4. The van der Waals surface area contributed by atoms with Crippen molar-refractivity contribution in [3.8, 4) is 23.6 Å². The van der Waals surface area contributed by atoms with E-state index >= 15 is 0 Å². The molecule has 117 heavy (non-hydrogen) atoms. The number of fused-ring (bicyclic) bond motifs is 6. The summed E-state index contributed by atoms with van der Waals surface area (Å²) in [6, 6.07) is 29.7. The Morgan fingerprint density at radius 1 is 0.504 bits per heavy atom. The molecular formula is C82H92F8N18O9. The van der Waals surface area contributed by atoms with Gasteiger partial charge in [-0.25, -0.2) is 47.1 Å². The number of piperazine rings is 2. The van der Waals surface area contributed by atoms with E-state index in [1.54, 1.807) is 48.5 Å². The standard InChI is InChI=1S/C41H45F4N9O4.C35H45N9O4.C6H2F4O/c1-2-3-9-33-51-37-38(54(33)14-5-4-13-48-41(56)49-27-8-6-7-26(22-27)25-46)29-23-28(10-11-32(29)50-40(37)47)53-17-15-52(16-18-53)19-21-57-20-12-34(55)58-39-35(44)30(42)24-31(43)36(39)45;1-2-3-9-30-41-32-33(44(30)14-5-4-13-38-35(47)39-26-8-6-7-25(22-26)24-36)28-23-27(10-11-29(28)40-34(32)37)43-17-15-42(16-18-43)19-21-48-20-12-31(45)46;7-2-1-3(8)5(10)6(11)4(2)9/h6-8,10-11,22-24H,2-5,9,12-21H2,1H3,(H2,47,50)(H2,48,49,56);6-8,10-11,22-23H,2-5,9,12-21H2,1H3,(H2,37,40)(H,45,46)(H2,38,39,47);1,11H. The minimum atomic E-state index is -1.79. The molecule has 0 radical (unpaired) electrons. The molecule has 2 aliphatic rings. The van der Waals surface area contributed by atoms with Gasteiger partial charge in [0, 0.05) is 150 Å². The number of carbonyl (C=O) groups is 4. The summed E-state index contributed by atoms with van der Waals surface area (Å²) in [5.41, 5.74) is 22.2. The van der Waals surface area contributed by atoms with Crippen molar-refractivity contribution >= 4 is 102 Å². The first-order chi connectivity index (χ1) is 56.4. The Kier molecular flexibility index (Phi) is 31.6. The number of esters is 1. The largest absolute Gasteiger partial charge is 0.503 e. The number of carboxylic acid groups (broad SMARTS) is 1. The Bertz CT molecular complexity index is 5190. The van der Waals surface area contributed by atoms with Crippen molar-refractivity contribution in [3.05, 3.63) is 166 Å². The molecule has 0 unspecified atom stereocenters. The fraction of sp³-hybridized carbons (Fsp3) is 0.390. The summed E-state index contributed by atoms with van der Waals surface area (Å²) in [4.78, 5) is 76.3. The van der Waals surface area contributed by atoms with Crippen molar-refractivity contribution in [2.45, 2.75) is 104 Å². The molecule has 0 aliphatic carbocycles. The minimum absolute atomic E-state index is 0.0182. The van der Waals surface area contributed by atoms with Gasteiger partial charge in [0.2, 0.25) is 29.0 Å². The third-order valence-corrected chi connectivity index (χ3v) is 19.6. The van der Waals surface area contributed by atoms with Gasteiger partial charge in [0.15, 0.2) is 40.7 Å². The second-order valence-corrected chi connectivity index (χ2v) is 27.8. The average molecular weight is 1630 g/mol. The maximum Gasteiger partial charge on any atom is 0.319 e. The van der Waals surface area contributed by atoms with Crippen LogP contribution in [-0.4, -0.2) is 178 Å². The van der Waals surface area contributed by atoms with Crippen LogP contribution in [0, 0.1) is 69.2 Å². The summed E-state index contributed by atoms with van der Waals surface area (Å²) in [6.45, 7) is 15.5. The van der Waals surface area contributed by atoms with Crippen molar-refractivity contribution in [1.82, 2.24) is 49.5 Å². The molecule has 0 spiro atoms. The Balaban J connectivity index is 0.000000221. The molecule has 620 valence electrons. The number of ether oxygens (including phenoxy) is 3. The van der Waals surface area contributed by atoms with Crippen LogP contribution < -0.4 is 47.3 Å². The van der Waals surface area contributed by atoms with Crippen molar-refractivity contribution in [1.29, 1.82) is 10.5 Å². The van der Waals surface area contributed by atoms with E-state index in [2.05, 4.69) is 98.9 Å². The lowest BCUT2D eigenvalue weighted by atomic mass is 10.1. The molecule has 35 heteroatoms. The van der Waals surface area contributed by atoms with E-state index in [0.29, 0.717) is 72.4 Å². The number of urea groups is 2. The van der Waals surface area contributed by atoms with E-state index in [-0.39, 0.29) is 56.9 Å². The molecule has 4 aromatic heterocycles. The number of benzene rings is 6. The highest BCUT2D eigenvalue weighted by Crippen LogP contribution is 2.36. The molecule has 12 rings (SSSR count). The molecule has 10 aromatic rings. The number of phenolic OH excluding ortho intramolecular Hbond substituents is 1. The highest BCUT2D eigenvalue weighted by molar-refractivity contribution is 6.09. The number of nitrogens with zero attached hydrogens (tertiary/aromatic N) is 12. The molecule has 0 atom stereocenters. The number of phenols is 1. The number of imidazole rings is 2. The fourth-order valence-electron chi connectivity index (χ4n) is 13.4. The Labute approximate surface area is 669 Å². The monoisotopic (exact) mass is 1620 g/mol. The second-order valence-electron chi connectivity index (χ2n) is 27.8. The first-order valence-corrected chi connectivity index (χ1v) is 38.6. The number of pyridine rings is 2. The van der Waals surface area contributed by atoms with Gasteiger partial charge in [-0.3, -0.25) is 19.4 Å². The number of hydrogen-bond donors (Lipinski definition) is 8. The average Bonchev–Trinajstić information content (AvgIpc) is 1.63. The van der Waals surface area contributed by atoms with Crippen molar-refractivity contribution in [2.24, 2.45) is 0 Å². The molecule has 0 bridgehead atoms. The number of nitrogens with one attached hydrogen (secondary N) is 4. The van der Waals surface area contributed by atoms with Gasteiger partial charge >= 0.3 is 24.0 Å². The predicted octanol–water partition coefficient (Wildman–Crippen LogP) is 13.2.